The van der Waals surface area contributed by atoms with E-state index in [2.05, 4.69) is 0 Å². The number of Topliss-reactive ketones (excluding diaryl/α,β-unsaturated/α-hetero) is 1. The molecule has 8 heteroatoms. The quantitative estimate of drug-likeness (QED) is 0.263. The zero-order valence-electron chi connectivity index (χ0n) is 16.0. The summed E-state index contributed by atoms with van der Waals surface area (Å²) in [4.78, 5) is 37.7. The van der Waals surface area contributed by atoms with E-state index in [-0.39, 0.29) is 29.1 Å². The Morgan fingerprint density at radius 3 is 2.41 bits per heavy atom. The van der Waals surface area contributed by atoms with E-state index in [4.69, 9.17) is 4.74 Å². The van der Waals surface area contributed by atoms with Crippen molar-refractivity contribution >= 4 is 23.1 Å². The van der Waals surface area contributed by atoms with E-state index in [1.54, 1.807) is 30.3 Å². The van der Waals surface area contributed by atoms with Gasteiger partial charge in [-0.1, -0.05) is 19.1 Å². The summed E-state index contributed by atoms with van der Waals surface area (Å²) in [5, 5.41) is 22.4. The fraction of sp³-hybridized carbons (Fsp3) is 0.238. The maximum absolute atomic E-state index is 12.8. The molecule has 0 radical (unpaired) electrons. The van der Waals surface area contributed by atoms with E-state index < -0.39 is 22.7 Å². The largest absolute Gasteiger partial charge is 0.507 e. The van der Waals surface area contributed by atoms with E-state index in [0.29, 0.717) is 17.7 Å². The van der Waals surface area contributed by atoms with Crippen LogP contribution in [0.4, 0.5) is 5.69 Å². The normalized spacial score (nSPS) is 18.1. The monoisotopic (exact) mass is 396 g/mol. The molecule has 1 fully saturated rings. The van der Waals surface area contributed by atoms with Gasteiger partial charge in [0.05, 0.1) is 29.2 Å². The van der Waals surface area contributed by atoms with Crippen LogP contribution in [0, 0.1) is 10.1 Å². The van der Waals surface area contributed by atoms with Crippen LogP contribution in [0.15, 0.2) is 54.1 Å². The minimum atomic E-state index is -1.04. The summed E-state index contributed by atoms with van der Waals surface area (Å²) >= 11 is 0. The lowest BCUT2D eigenvalue weighted by molar-refractivity contribution is -0.385. The molecular weight excluding hydrogens is 376 g/mol. The van der Waals surface area contributed by atoms with Crippen LogP contribution in [-0.4, -0.2) is 40.3 Å². The second kappa shape index (κ2) is 8.14. The fourth-order valence-corrected chi connectivity index (χ4v) is 3.46. The molecule has 150 valence electrons. The summed E-state index contributed by atoms with van der Waals surface area (Å²) in [6.45, 7) is 2.06. The molecule has 1 heterocycles. The number of nitrogens with zero attached hydrogens (tertiary/aromatic N) is 2. The van der Waals surface area contributed by atoms with Crippen molar-refractivity contribution in [2.75, 3.05) is 13.7 Å². The van der Waals surface area contributed by atoms with Gasteiger partial charge in [-0.15, -0.1) is 0 Å². The minimum absolute atomic E-state index is 0.164. The van der Waals surface area contributed by atoms with Crippen molar-refractivity contribution in [2.45, 2.75) is 19.4 Å². The molecule has 0 bridgehead atoms. The molecule has 2 aromatic rings. The molecule has 1 unspecified atom stereocenters. The van der Waals surface area contributed by atoms with E-state index in [9.17, 15) is 24.8 Å². The van der Waals surface area contributed by atoms with Gasteiger partial charge in [0.15, 0.2) is 0 Å². The lowest BCUT2D eigenvalue weighted by Gasteiger charge is -2.24. The molecular formula is C21H20N2O6. The van der Waals surface area contributed by atoms with Crippen molar-refractivity contribution in [3.63, 3.8) is 0 Å². The molecule has 1 aliphatic heterocycles. The van der Waals surface area contributed by atoms with Gasteiger partial charge < -0.3 is 14.7 Å². The van der Waals surface area contributed by atoms with Gasteiger partial charge >= 0.3 is 0 Å². The number of benzene rings is 2. The molecule has 29 heavy (non-hydrogen) atoms. The van der Waals surface area contributed by atoms with Crippen LogP contribution in [0.3, 0.4) is 0 Å². The van der Waals surface area contributed by atoms with Crippen LogP contribution in [0.5, 0.6) is 5.75 Å². The van der Waals surface area contributed by atoms with E-state index in [0.717, 1.165) is 0 Å². The minimum Gasteiger partial charge on any atom is -0.507 e. The van der Waals surface area contributed by atoms with Crippen LogP contribution in [-0.2, 0) is 9.59 Å². The van der Waals surface area contributed by atoms with E-state index in [1.807, 2.05) is 6.92 Å². The highest BCUT2D eigenvalue weighted by Crippen LogP contribution is 2.42. The van der Waals surface area contributed by atoms with Crippen molar-refractivity contribution in [3.05, 3.63) is 75.3 Å². The molecule has 0 spiro atoms. The third kappa shape index (κ3) is 3.56. The smallest absolute Gasteiger partial charge is 0.295 e. The van der Waals surface area contributed by atoms with E-state index in [1.165, 1.54) is 30.2 Å². The molecule has 1 saturated heterocycles. The number of hydrogen-bond acceptors (Lipinski definition) is 6. The highest BCUT2D eigenvalue weighted by Gasteiger charge is 2.47. The number of carbonyl (C=O) groups is 2. The van der Waals surface area contributed by atoms with Gasteiger partial charge in [-0.25, -0.2) is 0 Å². The molecule has 3 rings (SSSR count). The van der Waals surface area contributed by atoms with Crippen LogP contribution in [0.1, 0.15) is 30.5 Å². The van der Waals surface area contributed by atoms with Crippen molar-refractivity contribution in [1.82, 2.24) is 4.90 Å². The summed E-state index contributed by atoms with van der Waals surface area (Å²) < 4.78 is 5.09. The predicted molar refractivity (Wildman–Crippen MR) is 105 cm³/mol. The number of aliphatic hydroxyl groups excluding tert-OH is 1. The first-order valence-corrected chi connectivity index (χ1v) is 9.06. The van der Waals surface area contributed by atoms with Crippen molar-refractivity contribution in [1.29, 1.82) is 0 Å². The van der Waals surface area contributed by atoms with Crippen LogP contribution < -0.4 is 4.74 Å². The molecule has 1 aliphatic rings. The number of ether oxygens (including phenoxy) is 1. The Balaban J connectivity index is 2.23. The van der Waals surface area contributed by atoms with Gasteiger partial charge in [-0.3, -0.25) is 19.7 Å². The standard InChI is InChI=1S/C21H20N2O6/c1-3-12-22-18(15-6-4-5-7-16(15)23(27)28)17(20(25)21(22)26)19(24)13-8-10-14(29-2)11-9-13/h4-11,18,24H,3,12H2,1-2H3/b19-17-. The lowest BCUT2D eigenvalue weighted by Crippen LogP contribution is -2.30. The van der Waals surface area contributed by atoms with Crippen LogP contribution in [0.2, 0.25) is 0 Å². The zero-order chi connectivity index (χ0) is 21.1. The lowest BCUT2D eigenvalue weighted by atomic mass is 9.94. The number of para-hydroxylation sites is 1. The van der Waals surface area contributed by atoms with Gasteiger partial charge in [0.2, 0.25) is 0 Å². The third-order valence-corrected chi connectivity index (χ3v) is 4.80. The number of hydrogen-bond donors (Lipinski definition) is 1. The van der Waals surface area contributed by atoms with Gasteiger partial charge in [0.1, 0.15) is 11.5 Å². The van der Waals surface area contributed by atoms with Gasteiger partial charge in [0, 0.05) is 18.2 Å². The van der Waals surface area contributed by atoms with Crippen molar-refractivity contribution in [2.24, 2.45) is 0 Å². The maximum Gasteiger partial charge on any atom is 0.295 e. The molecule has 0 aromatic heterocycles. The topological polar surface area (TPSA) is 110 Å². The summed E-state index contributed by atoms with van der Waals surface area (Å²) in [6, 6.07) is 11.2. The van der Waals surface area contributed by atoms with Gasteiger partial charge in [-0.05, 0) is 36.8 Å². The van der Waals surface area contributed by atoms with Gasteiger partial charge in [0.25, 0.3) is 17.4 Å². The number of nitro benzene ring substituents is 1. The Labute approximate surface area is 167 Å². The third-order valence-electron chi connectivity index (χ3n) is 4.80. The predicted octanol–water partition coefficient (Wildman–Crippen LogP) is 3.44. The molecule has 2 aromatic carbocycles. The molecule has 0 aliphatic carbocycles. The summed E-state index contributed by atoms with van der Waals surface area (Å²) in [6.07, 6.45) is 0.548. The second-order valence-corrected chi connectivity index (χ2v) is 6.54. The Hall–Kier alpha value is -3.68. The molecule has 0 saturated carbocycles. The number of ketones is 1. The Bertz CT molecular complexity index is 996. The first kappa shape index (κ1) is 20.1. The van der Waals surface area contributed by atoms with E-state index >= 15 is 0 Å². The Morgan fingerprint density at radius 2 is 1.83 bits per heavy atom. The number of nitro groups is 1. The van der Waals surface area contributed by atoms with Crippen LogP contribution >= 0.6 is 0 Å². The van der Waals surface area contributed by atoms with Crippen LogP contribution in [0.25, 0.3) is 5.76 Å². The van der Waals surface area contributed by atoms with Crippen molar-refractivity contribution in [3.8, 4) is 5.75 Å². The number of rotatable bonds is 6. The summed E-state index contributed by atoms with van der Waals surface area (Å²) in [7, 11) is 1.50. The Morgan fingerprint density at radius 1 is 1.17 bits per heavy atom. The SMILES string of the molecule is CCCN1C(=O)C(=O)/C(=C(\O)c2ccc(OC)cc2)C1c1ccccc1[N+](=O)[O-]. The number of amides is 1. The number of likely N-dealkylation sites (tertiary alicyclic amines) is 1. The average molecular weight is 396 g/mol. The molecule has 1 atom stereocenters. The Kier molecular flexibility index (Phi) is 5.63. The average Bonchev–Trinajstić information content (AvgIpc) is 2.98. The molecule has 8 nitrogen and oxygen atoms in total. The number of methoxy groups -OCH3 is 1. The second-order valence-electron chi connectivity index (χ2n) is 6.54. The van der Waals surface area contributed by atoms with Crippen molar-refractivity contribution < 1.29 is 24.4 Å². The molecule has 1 N–H and O–H groups in total. The first-order valence-electron chi connectivity index (χ1n) is 9.06. The highest BCUT2D eigenvalue weighted by atomic mass is 16.6. The highest BCUT2D eigenvalue weighted by molar-refractivity contribution is 6.46. The fourth-order valence-electron chi connectivity index (χ4n) is 3.46. The molecule has 1 amide bonds. The number of carbonyl (C=O) groups excluding carboxylic acids is 2. The maximum atomic E-state index is 12.8. The number of aliphatic hydroxyl groups is 1. The zero-order valence-corrected chi connectivity index (χ0v) is 16.0. The summed E-state index contributed by atoms with van der Waals surface area (Å²) in [5.41, 5.74) is 0.105. The summed E-state index contributed by atoms with van der Waals surface area (Å²) in [5.74, 6) is -1.48. The van der Waals surface area contributed by atoms with Gasteiger partial charge in [-0.2, -0.15) is 0 Å². The first-order chi connectivity index (χ1) is 13.9.